The summed E-state index contributed by atoms with van der Waals surface area (Å²) in [5, 5.41) is 2.57. The highest BCUT2D eigenvalue weighted by atomic mass is 19.4. The minimum Gasteiger partial charge on any atom is -0.310 e. The van der Waals surface area contributed by atoms with Gasteiger partial charge in [0.15, 0.2) is 0 Å². The number of carbonyl (C=O) groups is 1. The Kier molecular flexibility index (Phi) is 4.27. The van der Waals surface area contributed by atoms with E-state index in [0.717, 1.165) is 31.6 Å². The number of aromatic nitrogens is 1. The monoisotopic (exact) mass is 287 g/mol. The molecule has 1 aromatic heterocycles. The molecule has 1 fully saturated rings. The molecule has 0 aromatic carbocycles. The molecule has 0 saturated carbocycles. The van der Waals surface area contributed by atoms with Gasteiger partial charge in [0.05, 0.1) is 11.5 Å². The van der Waals surface area contributed by atoms with E-state index in [9.17, 15) is 18.0 Å². The molecule has 0 radical (unpaired) electrons. The maximum Gasteiger partial charge on any atom is 0.417 e. The van der Waals surface area contributed by atoms with Gasteiger partial charge < -0.3 is 10.2 Å². The quantitative estimate of drug-likeness (QED) is 0.908. The van der Waals surface area contributed by atoms with Crippen LogP contribution in [0.2, 0.25) is 0 Å². The maximum atomic E-state index is 12.4. The molecule has 1 aliphatic rings. The topological polar surface area (TPSA) is 45.2 Å². The molecular formula is C13H16F3N3O. The molecule has 1 N–H and O–H groups in total. The van der Waals surface area contributed by atoms with Crippen LogP contribution < -0.4 is 5.32 Å². The number of likely N-dealkylation sites (tertiary alicyclic amines) is 1. The Hall–Kier alpha value is -1.63. The molecule has 7 heteroatoms. The Balaban J connectivity index is 1.97. The largest absolute Gasteiger partial charge is 0.417 e. The average Bonchev–Trinajstić information content (AvgIpc) is 2.38. The third kappa shape index (κ3) is 3.69. The molecule has 0 aliphatic carbocycles. The summed E-state index contributed by atoms with van der Waals surface area (Å²) < 4.78 is 37.1. The SMILES string of the molecule is CN1CCCC(C(=O)Nc2ccc(C(F)(F)F)cn2)C1. The van der Waals surface area contributed by atoms with E-state index in [-0.39, 0.29) is 17.6 Å². The van der Waals surface area contributed by atoms with Gasteiger partial charge in [0.2, 0.25) is 5.91 Å². The minimum atomic E-state index is -4.42. The number of alkyl halides is 3. The maximum absolute atomic E-state index is 12.4. The predicted molar refractivity (Wildman–Crippen MR) is 68.1 cm³/mol. The summed E-state index contributed by atoms with van der Waals surface area (Å²) in [6.07, 6.45) is -1.96. The molecule has 1 aliphatic heterocycles. The standard InChI is InChI=1S/C13H16F3N3O/c1-19-6-2-3-9(8-19)12(20)18-11-5-4-10(7-17-11)13(14,15)16/h4-5,7,9H,2-3,6,8H2,1H3,(H,17,18,20). The lowest BCUT2D eigenvalue weighted by atomic mass is 9.98. The number of amides is 1. The van der Waals surface area contributed by atoms with Gasteiger partial charge in [-0.15, -0.1) is 0 Å². The molecule has 2 rings (SSSR count). The molecule has 20 heavy (non-hydrogen) atoms. The van der Waals surface area contributed by atoms with Crippen molar-refractivity contribution in [3.63, 3.8) is 0 Å². The van der Waals surface area contributed by atoms with Crippen molar-refractivity contribution in [1.29, 1.82) is 0 Å². The van der Waals surface area contributed by atoms with Crippen LogP contribution in [0.3, 0.4) is 0 Å². The number of carbonyl (C=O) groups excluding carboxylic acids is 1. The second-order valence-corrected chi connectivity index (χ2v) is 5.02. The lowest BCUT2D eigenvalue weighted by molar-refractivity contribution is -0.137. The van der Waals surface area contributed by atoms with Crippen LogP contribution in [0.5, 0.6) is 0 Å². The molecule has 0 spiro atoms. The molecule has 1 unspecified atom stereocenters. The van der Waals surface area contributed by atoms with E-state index in [1.807, 2.05) is 7.05 Å². The zero-order chi connectivity index (χ0) is 14.8. The van der Waals surface area contributed by atoms with Crippen LogP contribution in [0.25, 0.3) is 0 Å². The van der Waals surface area contributed by atoms with Crippen molar-refractivity contribution in [1.82, 2.24) is 9.88 Å². The Labute approximate surface area is 115 Å². The molecule has 0 bridgehead atoms. The van der Waals surface area contributed by atoms with Crippen LogP contribution in [-0.2, 0) is 11.0 Å². The third-order valence-electron chi connectivity index (χ3n) is 3.34. The highest BCUT2D eigenvalue weighted by molar-refractivity contribution is 5.91. The van der Waals surface area contributed by atoms with Crippen molar-refractivity contribution in [3.05, 3.63) is 23.9 Å². The second-order valence-electron chi connectivity index (χ2n) is 5.02. The Morgan fingerprint density at radius 3 is 2.75 bits per heavy atom. The summed E-state index contributed by atoms with van der Waals surface area (Å²) >= 11 is 0. The van der Waals surface area contributed by atoms with E-state index in [1.165, 1.54) is 6.07 Å². The van der Waals surface area contributed by atoms with Crippen molar-refractivity contribution in [2.24, 2.45) is 5.92 Å². The molecule has 1 saturated heterocycles. The van der Waals surface area contributed by atoms with E-state index in [4.69, 9.17) is 0 Å². The predicted octanol–water partition coefficient (Wildman–Crippen LogP) is 2.38. The first kappa shape index (κ1) is 14.8. The zero-order valence-corrected chi connectivity index (χ0v) is 11.1. The summed E-state index contributed by atoms with van der Waals surface area (Å²) in [7, 11) is 1.94. The highest BCUT2D eigenvalue weighted by Crippen LogP contribution is 2.29. The molecule has 4 nitrogen and oxygen atoms in total. The van der Waals surface area contributed by atoms with Gasteiger partial charge in [-0.05, 0) is 38.6 Å². The number of piperidine rings is 1. The van der Waals surface area contributed by atoms with Crippen molar-refractivity contribution < 1.29 is 18.0 Å². The molecule has 1 aromatic rings. The van der Waals surface area contributed by atoms with Crippen LogP contribution in [-0.4, -0.2) is 35.9 Å². The van der Waals surface area contributed by atoms with Gasteiger partial charge in [0, 0.05) is 12.7 Å². The van der Waals surface area contributed by atoms with Crippen LogP contribution in [0.4, 0.5) is 19.0 Å². The Bertz CT molecular complexity index is 473. The van der Waals surface area contributed by atoms with Gasteiger partial charge >= 0.3 is 6.18 Å². The zero-order valence-electron chi connectivity index (χ0n) is 11.1. The fourth-order valence-corrected chi connectivity index (χ4v) is 2.24. The van der Waals surface area contributed by atoms with Gasteiger partial charge in [0.1, 0.15) is 5.82 Å². The van der Waals surface area contributed by atoms with Gasteiger partial charge in [-0.2, -0.15) is 13.2 Å². The number of anilines is 1. The van der Waals surface area contributed by atoms with Crippen LogP contribution >= 0.6 is 0 Å². The number of hydrogen-bond donors (Lipinski definition) is 1. The smallest absolute Gasteiger partial charge is 0.310 e. The number of nitrogens with zero attached hydrogens (tertiary/aromatic N) is 2. The van der Waals surface area contributed by atoms with E-state index < -0.39 is 11.7 Å². The second kappa shape index (κ2) is 5.78. The fourth-order valence-electron chi connectivity index (χ4n) is 2.24. The lowest BCUT2D eigenvalue weighted by Crippen LogP contribution is -2.38. The van der Waals surface area contributed by atoms with Crippen LogP contribution in [0.15, 0.2) is 18.3 Å². The lowest BCUT2D eigenvalue weighted by Gasteiger charge is -2.28. The van der Waals surface area contributed by atoms with Gasteiger partial charge in [0.25, 0.3) is 0 Å². The number of hydrogen-bond acceptors (Lipinski definition) is 3. The number of halogens is 3. The summed E-state index contributed by atoms with van der Waals surface area (Å²) in [4.78, 5) is 17.7. The van der Waals surface area contributed by atoms with E-state index in [0.29, 0.717) is 6.54 Å². The molecule has 1 amide bonds. The van der Waals surface area contributed by atoms with E-state index >= 15 is 0 Å². The number of nitrogens with one attached hydrogen (secondary N) is 1. The van der Waals surface area contributed by atoms with Crippen molar-refractivity contribution in [2.75, 3.05) is 25.5 Å². The fraction of sp³-hybridized carbons (Fsp3) is 0.538. The van der Waals surface area contributed by atoms with Crippen LogP contribution in [0.1, 0.15) is 18.4 Å². The average molecular weight is 287 g/mol. The number of pyridine rings is 1. The van der Waals surface area contributed by atoms with E-state index in [2.05, 4.69) is 15.2 Å². The highest BCUT2D eigenvalue weighted by Gasteiger charge is 2.31. The summed E-state index contributed by atoms with van der Waals surface area (Å²) in [5.74, 6) is -0.183. The van der Waals surface area contributed by atoms with Crippen LogP contribution in [0, 0.1) is 5.92 Å². The molecule has 2 heterocycles. The van der Waals surface area contributed by atoms with Gasteiger partial charge in [-0.3, -0.25) is 4.79 Å². The Morgan fingerprint density at radius 2 is 2.20 bits per heavy atom. The minimum absolute atomic E-state index is 0.141. The number of rotatable bonds is 2. The molecule has 110 valence electrons. The normalized spacial score (nSPS) is 20.7. The van der Waals surface area contributed by atoms with E-state index in [1.54, 1.807) is 0 Å². The Morgan fingerprint density at radius 1 is 1.45 bits per heavy atom. The van der Waals surface area contributed by atoms with Crippen molar-refractivity contribution in [2.45, 2.75) is 19.0 Å². The van der Waals surface area contributed by atoms with Gasteiger partial charge in [-0.1, -0.05) is 0 Å². The molecule has 1 atom stereocenters. The first-order valence-electron chi connectivity index (χ1n) is 6.39. The van der Waals surface area contributed by atoms with Gasteiger partial charge in [-0.25, -0.2) is 4.98 Å². The first-order valence-corrected chi connectivity index (χ1v) is 6.39. The van der Waals surface area contributed by atoms with Crippen molar-refractivity contribution >= 4 is 11.7 Å². The molecular weight excluding hydrogens is 271 g/mol. The first-order chi connectivity index (χ1) is 9.36. The summed E-state index contributed by atoms with van der Waals surface area (Å²) in [6.45, 7) is 1.62. The third-order valence-corrected chi connectivity index (χ3v) is 3.34. The van der Waals surface area contributed by atoms with Crippen molar-refractivity contribution in [3.8, 4) is 0 Å². The summed E-state index contributed by atoms with van der Waals surface area (Å²) in [6, 6.07) is 2.09. The summed E-state index contributed by atoms with van der Waals surface area (Å²) in [5.41, 5.74) is -0.826.